The number of H-pyrrole nitrogens is 1. The molecule has 4 aromatic rings. The van der Waals surface area contributed by atoms with Crippen LogP contribution in [0.15, 0.2) is 78.2 Å². The van der Waals surface area contributed by atoms with Gasteiger partial charge in [-0.25, -0.2) is 9.99 Å². The quantitative estimate of drug-likeness (QED) is 0.553. The summed E-state index contributed by atoms with van der Waals surface area (Å²) in [6, 6.07) is 20.7. The lowest BCUT2D eigenvalue weighted by atomic mass is 10.0. The molecule has 0 spiro atoms. The second-order valence-electron chi connectivity index (χ2n) is 7.02. The number of pyridine rings is 1. The minimum atomic E-state index is 0.716. The van der Waals surface area contributed by atoms with Gasteiger partial charge in [0.2, 0.25) is 0 Å². The number of fused-ring (bicyclic) bond motifs is 1. The van der Waals surface area contributed by atoms with Gasteiger partial charge >= 0.3 is 0 Å². The Kier molecular flexibility index (Phi) is 4.37. The van der Waals surface area contributed by atoms with Crippen LogP contribution in [0.25, 0.3) is 22.2 Å². The van der Waals surface area contributed by atoms with Gasteiger partial charge in [-0.1, -0.05) is 24.3 Å². The summed E-state index contributed by atoms with van der Waals surface area (Å²) in [4.78, 5) is 9.71. The van der Waals surface area contributed by atoms with E-state index in [-0.39, 0.29) is 0 Å². The Hall–Kier alpha value is -3.80. The Balaban J connectivity index is 1.30. The molecule has 1 aliphatic heterocycles. The molecule has 0 fully saturated rings. The van der Waals surface area contributed by atoms with Crippen LogP contribution in [-0.4, -0.2) is 35.0 Å². The summed E-state index contributed by atoms with van der Waals surface area (Å²) in [5.74, 6) is 0.874. The molecule has 0 unspecified atom stereocenters. The maximum absolute atomic E-state index is 5.31. The number of hydrazone groups is 1. The first-order chi connectivity index (χ1) is 14.3. The van der Waals surface area contributed by atoms with E-state index >= 15 is 0 Å². The number of aromatic amines is 1. The average molecular weight is 383 g/mol. The summed E-state index contributed by atoms with van der Waals surface area (Å²) in [5.41, 5.74) is 5.51. The zero-order valence-corrected chi connectivity index (χ0v) is 16.1. The second kappa shape index (κ2) is 7.31. The number of hydrogen-bond acceptors (Lipinski definition) is 5. The first kappa shape index (κ1) is 17.3. The Morgan fingerprint density at radius 2 is 1.97 bits per heavy atom. The first-order valence-electron chi connectivity index (χ1n) is 9.51. The molecule has 6 nitrogen and oxygen atoms in total. The monoisotopic (exact) mass is 383 g/mol. The third-order valence-electron chi connectivity index (χ3n) is 5.13. The fourth-order valence-electron chi connectivity index (χ4n) is 3.65. The molecule has 1 N–H and O–H groups in total. The van der Waals surface area contributed by atoms with Gasteiger partial charge in [-0.15, -0.1) is 0 Å². The number of anilines is 1. The van der Waals surface area contributed by atoms with Crippen LogP contribution < -0.4 is 9.75 Å². The molecule has 2 aromatic carbocycles. The first-order valence-corrected chi connectivity index (χ1v) is 9.51. The smallest absolute Gasteiger partial charge is 0.137 e. The lowest BCUT2D eigenvalue weighted by Gasteiger charge is -2.19. The predicted octanol–water partition coefficient (Wildman–Crippen LogP) is 4.46. The van der Waals surface area contributed by atoms with E-state index in [1.165, 1.54) is 11.1 Å². The Morgan fingerprint density at radius 1 is 1.07 bits per heavy atom. The van der Waals surface area contributed by atoms with Crippen LogP contribution in [-0.2, 0) is 6.54 Å². The standard InChI is InChI=1S/C23H21N5O/c1-29-20-4-2-3-17(13-20)14-27-15-26-28(16-27)19-7-5-18(6-8-19)21-9-11-24-23-22(21)10-12-25-23/h2-13,15H,14,16H2,1H3,(H,24,25). The normalized spacial score (nSPS) is 13.4. The van der Waals surface area contributed by atoms with Crippen LogP contribution in [0.4, 0.5) is 5.69 Å². The Bertz CT molecular complexity index is 1170. The molecule has 29 heavy (non-hydrogen) atoms. The molecule has 0 saturated carbocycles. The highest BCUT2D eigenvalue weighted by molar-refractivity contribution is 5.93. The number of nitrogens with one attached hydrogen (secondary N) is 1. The molecule has 144 valence electrons. The van der Waals surface area contributed by atoms with E-state index in [2.05, 4.69) is 68.5 Å². The number of benzene rings is 2. The van der Waals surface area contributed by atoms with Gasteiger partial charge in [-0.05, 0) is 53.1 Å². The summed E-state index contributed by atoms with van der Waals surface area (Å²) in [6.07, 6.45) is 5.65. The number of rotatable bonds is 5. The van der Waals surface area contributed by atoms with Crippen molar-refractivity contribution >= 4 is 23.1 Å². The van der Waals surface area contributed by atoms with E-state index in [9.17, 15) is 0 Å². The summed E-state index contributed by atoms with van der Waals surface area (Å²) in [7, 11) is 1.69. The molecule has 0 saturated heterocycles. The van der Waals surface area contributed by atoms with Gasteiger partial charge in [0.1, 0.15) is 24.4 Å². The van der Waals surface area contributed by atoms with Crippen molar-refractivity contribution in [2.45, 2.75) is 6.54 Å². The van der Waals surface area contributed by atoms with Crippen molar-refractivity contribution in [3.63, 3.8) is 0 Å². The fraction of sp³-hybridized carbons (Fsp3) is 0.130. The molecule has 0 aliphatic carbocycles. The van der Waals surface area contributed by atoms with E-state index in [1.807, 2.05) is 35.9 Å². The van der Waals surface area contributed by atoms with Gasteiger partial charge in [0.15, 0.2) is 0 Å². The summed E-state index contributed by atoms with van der Waals surface area (Å²) < 4.78 is 5.31. The molecule has 6 heteroatoms. The van der Waals surface area contributed by atoms with Crippen molar-refractivity contribution in [1.82, 2.24) is 14.9 Å². The van der Waals surface area contributed by atoms with E-state index in [0.717, 1.165) is 34.6 Å². The summed E-state index contributed by atoms with van der Waals surface area (Å²) >= 11 is 0. The SMILES string of the molecule is COc1cccc(CN2C=NN(c3ccc(-c4ccnc5[nH]ccc45)cc3)C2)c1. The highest BCUT2D eigenvalue weighted by Gasteiger charge is 2.16. The maximum atomic E-state index is 5.31. The highest BCUT2D eigenvalue weighted by atomic mass is 16.5. The van der Waals surface area contributed by atoms with Crippen molar-refractivity contribution in [3.8, 4) is 16.9 Å². The third-order valence-corrected chi connectivity index (χ3v) is 5.13. The van der Waals surface area contributed by atoms with Crippen LogP contribution in [0.2, 0.25) is 0 Å². The van der Waals surface area contributed by atoms with Gasteiger partial charge in [0, 0.05) is 24.3 Å². The largest absolute Gasteiger partial charge is 0.497 e. The Morgan fingerprint density at radius 3 is 2.83 bits per heavy atom. The van der Waals surface area contributed by atoms with E-state index < -0.39 is 0 Å². The maximum Gasteiger partial charge on any atom is 0.137 e. The van der Waals surface area contributed by atoms with Gasteiger partial charge in [0.25, 0.3) is 0 Å². The number of hydrogen-bond donors (Lipinski definition) is 1. The molecular weight excluding hydrogens is 362 g/mol. The molecule has 5 rings (SSSR count). The van der Waals surface area contributed by atoms with Crippen molar-refractivity contribution in [3.05, 3.63) is 78.6 Å². The molecule has 3 heterocycles. The van der Waals surface area contributed by atoms with Crippen LogP contribution in [0.1, 0.15) is 5.56 Å². The molecule has 0 amide bonds. The zero-order chi connectivity index (χ0) is 19.6. The molecule has 0 radical (unpaired) electrons. The molecule has 2 aromatic heterocycles. The predicted molar refractivity (Wildman–Crippen MR) is 116 cm³/mol. The van der Waals surface area contributed by atoms with Gasteiger partial charge in [-0.2, -0.15) is 5.10 Å². The van der Waals surface area contributed by atoms with Crippen LogP contribution in [0, 0.1) is 0 Å². The topological polar surface area (TPSA) is 56.8 Å². The Labute approximate surface area is 169 Å². The van der Waals surface area contributed by atoms with Crippen molar-refractivity contribution in [1.29, 1.82) is 0 Å². The van der Waals surface area contributed by atoms with Crippen LogP contribution in [0.3, 0.4) is 0 Å². The molecular formula is C23H21N5O. The molecule has 0 atom stereocenters. The minimum absolute atomic E-state index is 0.716. The van der Waals surface area contributed by atoms with E-state index in [4.69, 9.17) is 4.74 Å². The van der Waals surface area contributed by atoms with Gasteiger partial charge in [-0.3, -0.25) is 0 Å². The minimum Gasteiger partial charge on any atom is -0.497 e. The fourth-order valence-corrected chi connectivity index (χ4v) is 3.65. The van der Waals surface area contributed by atoms with Crippen molar-refractivity contribution in [2.24, 2.45) is 5.10 Å². The molecule has 1 aliphatic rings. The average Bonchev–Trinajstić information content (AvgIpc) is 3.43. The van der Waals surface area contributed by atoms with Crippen molar-refractivity contribution in [2.75, 3.05) is 18.8 Å². The zero-order valence-electron chi connectivity index (χ0n) is 16.1. The van der Waals surface area contributed by atoms with Crippen LogP contribution in [0.5, 0.6) is 5.75 Å². The summed E-state index contributed by atoms with van der Waals surface area (Å²) in [6.45, 7) is 1.51. The number of methoxy groups -OCH3 is 1. The van der Waals surface area contributed by atoms with Crippen molar-refractivity contribution < 1.29 is 4.74 Å². The van der Waals surface area contributed by atoms with E-state index in [1.54, 1.807) is 7.11 Å². The lowest BCUT2D eigenvalue weighted by Crippen LogP contribution is -2.26. The molecule has 0 bridgehead atoms. The van der Waals surface area contributed by atoms with Gasteiger partial charge < -0.3 is 14.6 Å². The van der Waals surface area contributed by atoms with E-state index in [0.29, 0.717) is 6.67 Å². The van der Waals surface area contributed by atoms with Crippen LogP contribution >= 0.6 is 0 Å². The number of nitrogens with zero attached hydrogens (tertiary/aromatic N) is 4. The lowest BCUT2D eigenvalue weighted by molar-refractivity contribution is 0.411. The third kappa shape index (κ3) is 3.40. The second-order valence-corrected chi connectivity index (χ2v) is 7.02. The number of aromatic nitrogens is 2. The summed E-state index contributed by atoms with van der Waals surface area (Å²) in [5, 5.41) is 7.69. The number of ether oxygens (including phenoxy) is 1. The highest BCUT2D eigenvalue weighted by Crippen LogP contribution is 2.29. The van der Waals surface area contributed by atoms with Gasteiger partial charge in [0.05, 0.1) is 12.8 Å².